The number of nitrogens with one attached hydrogen (secondary N) is 1. The molecule has 4 heterocycles. The first kappa shape index (κ1) is 17.3. The Kier molecular flexibility index (Phi) is 3.78. The summed E-state index contributed by atoms with van der Waals surface area (Å²) in [5.41, 5.74) is -1.03. The van der Waals surface area contributed by atoms with E-state index in [1.807, 2.05) is 0 Å². The standard InChI is InChI=1S/C13H17N5O8/c19-2-5-4(20)1-6(26-5)17-3-14-7-8(21)15-12-16-10(22)13(24,25)11(23)18(12)9(7)17/h3-6,10-11,19-20,22-25H,1-2H2,(H,15,16,21)/t4-,5+,6+,10?,11?/m0/s1. The molecule has 142 valence electrons. The monoisotopic (exact) mass is 371 g/mol. The maximum atomic E-state index is 12.2. The molecular weight excluding hydrogens is 354 g/mol. The van der Waals surface area contributed by atoms with Gasteiger partial charge in [-0.15, -0.1) is 0 Å². The number of rotatable bonds is 2. The summed E-state index contributed by atoms with van der Waals surface area (Å²) in [5, 5.41) is 61.3. The molecule has 2 aromatic rings. The number of anilines is 1. The summed E-state index contributed by atoms with van der Waals surface area (Å²) in [7, 11) is 0. The summed E-state index contributed by atoms with van der Waals surface area (Å²) in [6.07, 6.45) is -5.44. The molecule has 0 saturated carbocycles. The molecule has 13 heteroatoms. The van der Waals surface area contributed by atoms with Gasteiger partial charge in [0.15, 0.2) is 23.6 Å². The number of aliphatic hydroxyl groups is 6. The first-order valence-electron chi connectivity index (χ1n) is 7.76. The highest BCUT2D eigenvalue weighted by Crippen LogP contribution is 2.35. The second kappa shape index (κ2) is 5.68. The molecule has 0 spiro atoms. The van der Waals surface area contributed by atoms with Crippen LogP contribution in [0.1, 0.15) is 18.9 Å². The van der Waals surface area contributed by atoms with E-state index in [9.17, 15) is 35.4 Å². The molecule has 26 heavy (non-hydrogen) atoms. The topological polar surface area (TPSA) is 195 Å². The largest absolute Gasteiger partial charge is 0.394 e. The van der Waals surface area contributed by atoms with Gasteiger partial charge in [0.1, 0.15) is 12.3 Å². The number of fused-ring (bicyclic) bond motifs is 3. The Morgan fingerprint density at radius 2 is 2.08 bits per heavy atom. The van der Waals surface area contributed by atoms with Gasteiger partial charge in [0, 0.05) is 6.42 Å². The minimum absolute atomic E-state index is 0.0600. The second-order valence-electron chi connectivity index (χ2n) is 6.25. The van der Waals surface area contributed by atoms with Crippen LogP contribution in [0.5, 0.6) is 0 Å². The molecule has 1 fully saturated rings. The van der Waals surface area contributed by atoms with Crippen molar-refractivity contribution in [1.82, 2.24) is 19.1 Å². The first-order chi connectivity index (χ1) is 12.3. The van der Waals surface area contributed by atoms with E-state index >= 15 is 0 Å². The Labute approximate surface area is 144 Å². The van der Waals surface area contributed by atoms with Crippen molar-refractivity contribution >= 4 is 17.1 Å². The molecule has 2 unspecified atom stereocenters. The average molecular weight is 371 g/mol. The fourth-order valence-electron chi connectivity index (χ4n) is 3.20. The summed E-state index contributed by atoms with van der Waals surface area (Å²) >= 11 is 0. The van der Waals surface area contributed by atoms with E-state index in [-0.39, 0.29) is 23.5 Å². The van der Waals surface area contributed by atoms with Gasteiger partial charge in [-0.2, -0.15) is 4.98 Å². The number of ether oxygens (including phenoxy) is 1. The molecule has 0 bridgehead atoms. The van der Waals surface area contributed by atoms with Gasteiger partial charge < -0.3 is 40.7 Å². The summed E-state index contributed by atoms with van der Waals surface area (Å²) in [4.78, 5) is 19.7. The Morgan fingerprint density at radius 1 is 1.35 bits per heavy atom. The van der Waals surface area contributed by atoms with Crippen molar-refractivity contribution in [2.24, 2.45) is 0 Å². The normalized spacial score (nSPS) is 33.2. The van der Waals surface area contributed by atoms with E-state index in [1.165, 1.54) is 10.9 Å². The Balaban J connectivity index is 1.92. The van der Waals surface area contributed by atoms with Crippen LogP contribution in [0.4, 0.5) is 5.95 Å². The highest BCUT2D eigenvalue weighted by Gasteiger charge is 2.49. The lowest BCUT2D eigenvalue weighted by molar-refractivity contribution is -0.293. The Bertz CT molecular complexity index is 910. The molecule has 1 saturated heterocycles. The number of hydrogen-bond donors (Lipinski definition) is 7. The lowest BCUT2D eigenvalue weighted by atomic mass is 10.1. The highest BCUT2D eigenvalue weighted by atomic mass is 16.6. The van der Waals surface area contributed by atoms with Crippen LogP contribution in [0, 0.1) is 0 Å². The van der Waals surface area contributed by atoms with Crippen molar-refractivity contribution in [1.29, 1.82) is 0 Å². The predicted octanol–water partition coefficient (Wildman–Crippen LogP) is -3.85. The maximum absolute atomic E-state index is 12.2. The number of nitrogens with zero attached hydrogens (tertiary/aromatic N) is 4. The zero-order valence-corrected chi connectivity index (χ0v) is 13.2. The number of aromatic nitrogens is 4. The van der Waals surface area contributed by atoms with Crippen molar-refractivity contribution in [3.05, 3.63) is 16.7 Å². The van der Waals surface area contributed by atoms with Crippen molar-refractivity contribution in [3.63, 3.8) is 0 Å². The molecule has 5 atom stereocenters. The lowest BCUT2D eigenvalue weighted by Crippen LogP contribution is -2.57. The van der Waals surface area contributed by atoms with Crippen LogP contribution in [0.15, 0.2) is 11.1 Å². The van der Waals surface area contributed by atoms with Gasteiger partial charge in [0.2, 0.25) is 5.95 Å². The van der Waals surface area contributed by atoms with E-state index in [0.717, 1.165) is 4.57 Å². The third-order valence-corrected chi connectivity index (χ3v) is 4.62. The maximum Gasteiger partial charge on any atom is 0.302 e. The number of hydrogen-bond acceptors (Lipinski definition) is 11. The first-order valence-corrected chi connectivity index (χ1v) is 7.76. The molecule has 0 radical (unpaired) electrons. The van der Waals surface area contributed by atoms with Crippen molar-refractivity contribution in [2.45, 2.75) is 43.1 Å². The molecule has 0 aliphatic carbocycles. The molecule has 0 aromatic carbocycles. The lowest BCUT2D eigenvalue weighted by Gasteiger charge is -2.39. The minimum Gasteiger partial charge on any atom is -0.394 e. The molecule has 4 rings (SSSR count). The van der Waals surface area contributed by atoms with Crippen molar-refractivity contribution in [2.75, 3.05) is 11.9 Å². The van der Waals surface area contributed by atoms with Crippen LogP contribution < -0.4 is 10.9 Å². The van der Waals surface area contributed by atoms with Crippen LogP contribution in [0.2, 0.25) is 0 Å². The SMILES string of the molecule is O=c1nc2n(c3c1ncn3[C@H]1C[C@H](O)[C@@H](CO)O1)C(O)C(O)(O)C(O)N2. The predicted molar refractivity (Wildman–Crippen MR) is 81.5 cm³/mol. The smallest absolute Gasteiger partial charge is 0.302 e. The van der Waals surface area contributed by atoms with Crippen molar-refractivity contribution < 1.29 is 35.4 Å². The van der Waals surface area contributed by atoms with E-state index < -0.39 is 48.8 Å². The van der Waals surface area contributed by atoms with Crippen LogP contribution in [-0.2, 0) is 4.74 Å². The van der Waals surface area contributed by atoms with Gasteiger partial charge in [-0.1, -0.05) is 0 Å². The summed E-state index contributed by atoms with van der Waals surface area (Å²) in [6.45, 7) is -0.420. The zero-order chi connectivity index (χ0) is 18.8. The molecular formula is C13H17N5O8. The van der Waals surface area contributed by atoms with Gasteiger partial charge in [0.05, 0.1) is 19.0 Å². The van der Waals surface area contributed by atoms with Crippen LogP contribution in [-0.4, -0.2) is 80.6 Å². The fraction of sp³-hybridized carbons (Fsp3) is 0.615. The van der Waals surface area contributed by atoms with E-state index in [4.69, 9.17) is 4.74 Å². The number of imidazole rings is 1. The average Bonchev–Trinajstić information content (AvgIpc) is 3.17. The summed E-state index contributed by atoms with van der Waals surface area (Å²) < 4.78 is 7.72. The van der Waals surface area contributed by atoms with E-state index in [2.05, 4.69) is 15.3 Å². The number of aliphatic hydroxyl groups excluding tert-OH is 4. The fourth-order valence-corrected chi connectivity index (χ4v) is 3.20. The quantitative estimate of drug-likeness (QED) is 0.255. The summed E-state index contributed by atoms with van der Waals surface area (Å²) in [5.74, 6) is -3.28. The minimum atomic E-state index is -2.98. The molecule has 0 amide bonds. The molecule has 2 aromatic heterocycles. The molecule has 2 aliphatic heterocycles. The summed E-state index contributed by atoms with van der Waals surface area (Å²) in [6, 6.07) is 0. The zero-order valence-electron chi connectivity index (χ0n) is 13.2. The Morgan fingerprint density at radius 3 is 2.73 bits per heavy atom. The third kappa shape index (κ3) is 2.26. The van der Waals surface area contributed by atoms with Gasteiger partial charge in [-0.25, -0.2) is 4.98 Å². The van der Waals surface area contributed by atoms with E-state index in [0.29, 0.717) is 0 Å². The molecule has 7 N–H and O–H groups in total. The van der Waals surface area contributed by atoms with Crippen molar-refractivity contribution in [3.8, 4) is 0 Å². The molecule has 2 aliphatic rings. The van der Waals surface area contributed by atoms with E-state index in [1.54, 1.807) is 0 Å². The van der Waals surface area contributed by atoms with Crippen LogP contribution in [0.25, 0.3) is 11.2 Å². The van der Waals surface area contributed by atoms with Gasteiger partial charge in [-0.3, -0.25) is 13.9 Å². The highest BCUT2D eigenvalue weighted by molar-refractivity contribution is 5.73. The van der Waals surface area contributed by atoms with Crippen LogP contribution >= 0.6 is 0 Å². The van der Waals surface area contributed by atoms with Gasteiger partial charge >= 0.3 is 5.56 Å². The third-order valence-electron chi connectivity index (χ3n) is 4.62. The second-order valence-corrected chi connectivity index (χ2v) is 6.25. The Hall–Kier alpha value is -2.13. The van der Waals surface area contributed by atoms with Gasteiger partial charge in [0.25, 0.3) is 5.79 Å². The molecule has 13 nitrogen and oxygen atoms in total. The van der Waals surface area contributed by atoms with Gasteiger partial charge in [-0.05, 0) is 0 Å². The van der Waals surface area contributed by atoms with Crippen LogP contribution in [0.3, 0.4) is 0 Å².